The molecule has 0 radical (unpaired) electrons. The van der Waals surface area contributed by atoms with Gasteiger partial charge >= 0.3 is 0 Å². The fourth-order valence-electron chi connectivity index (χ4n) is 3.71. The van der Waals surface area contributed by atoms with Crippen molar-refractivity contribution in [2.75, 3.05) is 26.4 Å². The molecular formula is C24H27N3O4. The molecule has 1 aliphatic heterocycles. The molecule has 2 bridgehead atoms. The lowest BCUT2D eigenvalue weighted by atomic mass is 10.00. The van der Waals surface area contributed by atoms with E-state index in [9.17, 15) is 4.79 Å². The molecule has 0 atom stereocenters. The molecule has 162 valence electrons. The van der Waals surface area contributed by atoms with Crippen LogP contribution in [0.1, 0.15) is 33.6 Å². The van der Waals surface area contributed by atoms with Crippen LogP contribution in [0.3, 0.4) is 0 Å². The minimum absolute atomic E-state index is 0.0304. The van der Waals surface area contributed by atoms with Crippen LogP contribution in [0.5, 0.6) is 5.75 Å². The predicted octanol–water partition coefficient (Wildman–Crippen LogP) is 3.26. The minimum Gasteiger partial charge on any atom is -0.491 e. The Hall–Kier alpha value is -3.19. The van der Waals surface area contributed by atoms with Crippen molar-refractivity contribution in [1.82, 2.24) is 15.2 Å². The SMILES string of the molecule is Cc1ccc2c(c1)Cc1cccc(c1)CN(C(=O)Cc1nonc1C)CCOCCO2. The number of ether oxygens (including phenoxy) is 2. The van der Waals surface area contributed by atoms with Crippen molar-refractivity contribution < 1.29 is 18.9 Å². The van der Waals surface area contributed by atoms with E-state index >= 15 is 0 Å². The second kappa shape index (κ2) is 9.75. The van der Waals surface area contributed by atoms with Crippen LogP contribution in [0.15, 0.2) is 47.1 Å². The van der Waals surface area contributed by atoms with Crippen LogP contribution >= 0.6 is 0 Å². The molecule has 0 aliphatic carbocycles. The lowest BCUT2D eigenvalue weighted by molar-refractivity contribution is -0.132. The van der Waals surface area contributed by atoms with Crippen molar-refractivity contribution in [1.29, 1.82) is 0 Å². The number of aromatic nitrogens is 2. The maximum Gasteiger partial charge on any atom is 0.229 e. The molecule has 31 heavy (non-hydrogen) atoms. The lowest BCUT2D eigenvalue weighted by Gasteiger charge is -2.23. The van der Waals surface area contributed by atoms with Gasteiger partial charge in [-0.2, -0.15) is 0 Å². The Morgan fingerprint density at radius 3 is 2.74 bits per heavy atom. The van der Waals surface area contributed by atoms with Gasteiger partial charge in [0.15, 0.2) is 0 Å². The van der Waals surface area contributed by atoms with Gasteiger partial charge in [0.1, 0.15) is 23.7 Å². The van der Waals surface area contributed by atoms with Gasteiger partial charge < -0.3 is 14.4 Å². The highest BCUT2D eigenvalue weighted by Crippen LogP contribution is 2.24. The number of hydrogen-bond donors (Lipinski definition) is 0. The number of nitrogens with zero attached hydrogens (tertiary/aromatic N) is 3. The first kappa shape index (κ1) is 21.1. The van der Waals surface area contributed by atoms with E-state index in [2.05, 4.69) is 41.5 Å². The maximum absolute atomic E-state index is 13.0. The highest BCUT2D eigenvalue weighted by molar-refractivity contribution is 5.78. The van der Waals surface area contributed by atoms with Crippen molar-refractivity contribution in [2.24, 2.45) is 0 Å². The van der Waals surface area contributed by atoms with Gasteiger partial charge in [-0.3, -0.25) is 4.79 Å². The van der Waals surface area contributed by atoms with Crippen LogP contribution in [0.4, 0.5) is 0 Å². The summed E-state index contributed by atoms with van der Waals surface area (Å²) in [6.45, 7) is 6.24. The molecule has 0 N–H and O–H groups in total. The summed E-state index contributed by atoms with van der Waals surface area (Å²) in [6, 6.07) is 14.6. The van der Waals surface area contributed by atoms with Crippen LogP contribution in [-0.4, -0.2) is 47.5 Å². The van der Waals surface area contributed by atoms with Gasteiger partial charge in [0.25, 0.3) is 0 Å². The molecule has 1 aromatic heterocycles. The molecule has 1 aliphatic rings. The number of fused-ring (bicyclic) bond motifs is 3. The summed E-state index contributed by atoms with van der Waals surface area (Å²) in [5.74, 6) is 0.863. The molecule has 4 rings (SSSR count). The fourth-order valence-corrected chi connectivity index (χ4v) is 3.71. The number of aryl methyl sites for hydroxylation is 2. The number of rotatable bonds is 2. The van der Waals surface area contributed by atoms with Gasteiger partial charge in [-0.15, -0.1) is 0 Å². The van der Waals surface area contributed by atoms with E-state index in [0.29, 0.717) is 44.3 Å². The first-order valence-electron chi connectivity index (χ1n) is 10.5. The zero-order valence-corrected chi connectivity index (χ0v) is 18.0. The van der Waals surface area contributed by atoms with Gasteiger partial charge in [-0.05, 0) is 36.6 Å². The van der Waals surface area contributed by atoms with E-state index in [0.717, 1.165) is 23.3 Å². The van der Waals surface area contributed by atoms with Gasteiger partial charge in [-0.25, -0.2) is 4.63 Å². The standard InChI is InChI=1S/C24H27N3O4/c1-17-6-7-23-21(12-17)14-19-4-3-5-20(13-19)16-27(8-9-29-10-11-30-23)24(28)15-22-18(2)25-31-26-22/h3-7,12-13H,8-11,14-16H2,1-2H3. The van der Waals surface area contributed by atoms with Gasteiger partial charge in [-0.1, -0.05) is 52.3 Å². The predicted molar refractivity (Wildman–Crippen MR) is 115 cm³/mol. The maximum atomic E-state index is 13.0. The molecule has 3 aromatic rings. The van der Waals surface area contributed by atoms with E-state index in [1.165, 1.54) is 11.1 Å². The highest BCUT2D eigenvalue weighted by atomic mass is 16.6. The topological polar surface area (TPSA) is 77.7 Å². The first-order chi connectivity index (χ1) is 15.1. The molecule has 7 heteroatoms. The van der Waals surface area contributed by atoms with Gasteiger partial charge in [0.05, 0.1) is 19.6 Å². The van der Waals surface area contributed by atoms with E-state index in [1.807, 2.05) is 18.2 Å². The van der Waals surface area contributed by atoms with Crippen molar-refractivity contribution in [2.45, 2.75) is 33.2 Å². The van der Waals surface area contributed by atoms with Crippen molar-refractivity contribution >= 4 is 5.91 Å². The van der Waals surface area contributed by atoms with Crippen LogP contribution in [0.2, 0.25) is 0 Å². The Bertz CT molecular complexity index is 1050. The Balaban J connectivity index is 1.57. The molecule has 2 aromatic carbocycles. The number of hydrogen-bond acceptors (Lipinski definition) is 6. The Morgan fingerprint density at radius 1 is 1.03 bits per heavy atom. The molecule has 1 amide bonds. The summed E-state index contributed by atoms with van der Waals surface area (Å²) >= 11 is 0. The highest BCUT2D eigenvalue weighted by Gasteiger charge is 2.19. The van der Waals surface area contributed by atoms with E-state index in [4.69, 9.17) is 14.1 Å². The monoisotopic (exact) mass is 421 g/mol. The largest absolute Gasteiger partial charge is 0.491 e. The van der Waals surface area contributed by atoms with Crippen molar-refractivity contribution in [3.8, 4) is 5.75 Å². The van der Waals surface area contributed by atoms with Crippen LogP contribution in [0, 0.1) is 13.8 Å². The Morgan fingerprint density at radius 2 is 1.90 bits per heavy atom. The van der Waals surface area contributed by atoms with Crippen LogP contribution in [0.25, 0.3) is 0 Å². The summed E-state index contributed by atoms with van der Waals surface area (Å²) < 4.78 is 16.5. The summed E-state index contributed by atoms with van der Waals surface area (Å²) in [4.78, 5) is 14.8. The third kappa shape index (κ3) is 5.49. The summed E-state index contributed by atoms with van der Waals surface area (Å²) in [7, 11) is 0. The molecule has 0 spiro atoms. The normalized spacial score (nSPS) is 15.0. The summed E-state index contributed by atoms with van der Waals surface area (Å²) in [5, 5.41) is 7.62. The number of benzene rings is 2. The average Bonchev–Trinajstić information content (AvgIpc) is 3.15. The second-order valence-electron chi connectivity index (χ2n) is 7.86. The zero-order valence-electron chi connectivity index (χ0n) is 18.0. The molecule has 0 saturated carbocycles. The van der Waals surface area contributed by atoms with Crippen molar-refractivity contribution in [3.05, 3.63) is 76.1 Å². The summed E-state index contributed by atoms with van der Waals surface area (Å²) in [5.41, 5.74) is 5.82. The average molecular weight is 421 g/mol. The van der Waals surface area contributed by atoms with Gasteiger partial charge in [0.2, 0.25) is 5.91 Å². The third-order valence-electron chi connectivity index (χ3n) is 5.38. The zero-order chi connectivity index (χ0) is 21.6. The van der Waals surface area contributed by atoms with Gasteiger partial charge in [0, 0.05) is 19.5 Å². The molecule has 0 unspecified atom stereocenters. The van der Waals surface area contributed by atoms with E-state index in [-0.39, 0.29) is 12.3 Å². The van der Waals surface area contributed by atoms with Crippen LogP contribution in [-0.2, 0) is 28.9 Å². The number of carbonyl (C=O) groups excluding carboxylic acids is 1. The molecule has 7 nitrogen and oxygen atoms in total. The molecule has 0 fully saturated rings. The number of carbonyl (C=O) groups is 1. The van der Waals surface area contributed by atoms with Crippen LogP contribution < -0.4 is 4.74 Å². The molecular weight excluding hydrogens is 394 g/mol. The van der Waals surface area contributed by atoms with Crippen molar-refractivity contribution in [3.63, 3.8) is 0 Å². The lowest BCUT2D eigenvalue weighted by Crippen LogP contribution is -2.35. The van der Waals surface area contributed by atoms with E-state index in [1.54, 1.807) is 11.8 Å². The fraction of sp³-hybridized carbons (Fsp3) is 0.375. The first-order valence-corrected chi connectivity index (χ1v) is 10.5. The minimum atomic E-state index is -0.0304. The number of amides is 1. The Kier molecular flexibility index (Phi) is 6.62. The molecule has 2 heterocycles. The smallest absolute Gasteiger partial charge is 0.229 e. The Labute approximate surface area is 181 Å². The van der Waals surface area contributed by atoms with E-state index < -0.39 is 0 Å². The second-order valence-corrected chi connectivity index (χ2v) is 7.86. The third-order valence-corrected chi connectivity index (χ3v) is 5.38. The molecule has 0 saturated heterocycles. The summed E-state index contributed by atoms with van der Waals surface area (Å²) in [6.07, 6.45) is 0.925. The quantitative estimate of drug-likeness (QED) is 0.632.